The third kappa shape index (κ3) is 42.7. The summed E-state index contributed by atoms with van der Waals surface area (Å²) in [5.74, 6) is -0.0812. The van der Waals surface area contributed by atoms with Gasteiger partial charge >= 0.3 is 0 Å². The van der Waals surface area contributed by atoms with Crippen LogP contribution < -0.4 is 5.32 Å². The minimum Gasteiger partial charge on any atom is -0.394 e. The van der Waals surface area contributed by atoms with Gasteiger partial charge in [-0.15, -0.1) is 0 Å². The third-order valence-corrected chi connectivity index (χ3v) is 10.4. The topological polar surface area (TPSA) is 69.6 Å². The minimum absolute atomic E-state index is 0.0812. The van der Waals surface area contributed by atoms with Crippen LogP contribution in [0.1, 0.15) is 219 Å². The number of aliphatic hydroxyl groups excluding tert-OH is 2. The number of aliphatic hydroxyl groups is 2. The Bertz CT molecular complexity index is 1020. The van der Waals surface area contributed by atoms with E-state index in [-0.39, 0.29) is 12.5 Å². The molecule has 2 atom stereocenters. The van der Waals surface area contributed by atoms with Gasteiger partial charge in [0.05, 0.1) is 18.8 Å². The van der Waals surface area contributed by atoms with Crippen LogP contribution in [0.3, 0.4) is 0 Å². The molecule has 0 radical (unpaired) electrons. The molecule has 0 aliphatic rings. The van der Waals surface area contributed by atoms with E-state index in [0.717, 1.165) is 77.0 Å². The fraction of sp³-hybridized carbons (Fsp3) is 0.712. The molecule has 0 saturated carbocycles. The molecule has 0 aromatic carbocycles. The van der Waals surface area contributed by atoms with E-state index in [1.807, 2.05) is 6.08 Å². The van der Waals surface area contributed by atoms with Crippen LogP contribution >= 0.6 is 0 Å². The fourth-order valence-corrected chi connectivity index (χ4v) is 6.77. The molecule has 0 bridgehead atoms. The van der Waals surface area contributed by atoms with Crippen molar-refractivity contribution in [3.05, 3.63) is 85.1 Å². The van der Waals surface area contributed by atoms with Crippen LogP contribution in [0.25, 0.3) is 0 Å². The Morgan fingerprint density at radius 3 is 1.18 bits per heavy atom. The summed E-state index contributed by atoms with van der Waals surface area (Å²) in [4.78, 5) is 12.4. The van der Waals surface area contributed by atoms with Gasteiger partial charge in [0.2, 0.25) is 5.91 Å². The molecule has 0 aromatic heterocycles. The lowest BCUT2D eigenvalue weighted by atomic mass is 10.0. The van der Waals surface area contributed by atoms with Crippen LogP contribution in [0.15, 0.2) is 85.1 Å². The average Bonchev–Trinajstić information content (AvgIpc) is 3.20. The number of rotatable bonds is 42. The van der Waals surface area contributed by atoms with Crippen molar-refractivity contribution in [1.82, 2.24) is 5.32 Å². The maximum Gasteiger partial charge on any atom is 0.220 e. The molecule has 0 aliphatic heterocycles. The van der Waals surface area contributed by atoms with Crippen LogP contribution in [-0.4, -0.2) is 34.9 Å². The Hall–Kier alpha value is -2.43. The third-order valence-electron chi connectivity index (χ3n) is 10.4. The van der Waals surface area contributed by atoms with Gasteiger partial charge in [0.15, 0.2) is 0 Å². The molecular weight excluding hydrogens is 687 g/mol. The standard InChI is InChI=1S/C52H91NO3/c1-3-5-7-9-11-13-15-17-19-21-23-24-25-26-27-28-30-32-34-36-38-40-42-44-46-48-52(56)53-50(49-54)51(55)47-45-43-41-39-37-35-33-31-29-22-20-18-16-14-12-10-8-6-4-2/h5,7,11,13,17,19,23-24,26-27,30,32,45,47,50-51,54-55H,3-4,6,8-10,12,14-16,18,20-22,25,28-29,31,33-44,46,48-49H2,1-2H3,(H,53,56)/b7-5-,13-11-,19-17-,24-23-,27-26-,32-30-,47-45+. The lowest BCUT2D eigenvalue weighted by molar-refractivity contribution is -0.123. The van der Waals surface area contributed by atoms with Gasteiger partial charge in [-0.3, -0.25) is 4.79 Å². The number of allylic oxidation sites excluding steroid dienone is 13. The SMILES string of the molecule is CC/C=C\C/C=C\C/C=C\C/C=C\C/C=C\C/C=C\CCCCCCCCC(=O)NC(CO)C(O)/C=C/CCCCCCCCCCCCCCCCCCC. The van der Waals surface area contributed by atoms with E-state index in [2.05, 4.69) is 92.1 Å². The first-order chi connectivity index (χ1) is 27.7. The number of amides is 1. The molecule has 2 unspecified atom stereocenters. The second-order valence-corrected chi connectivity index (χ2v) is 15.8. The predicted octanol–water partition coefficient (Wildman–Crippen LogP) is 15.2. The van der Waals surface area contributed by atoms with E-state index in [9.17, 15) is 15.0 Å². The Labute approximate surface area is 348 Å². The highest BCUT2D eigenvalue weighted by atomic mass is 16.3. The van der Waals surface area contributed by atoms with Crippen molar-refractivity contribution in [3.63, 3.8) is 0 Å². The van der Waals surface area contributed by atoms with Gasteiger partial charge in [-0.2, -0.15) is 0 Å². The van der Waals surface area contributed by atoms with E-state index in [1.54, 1.807) is 6.08 Å². The van der Waals surface area contributed by atoms with E-state index >= 15 is 0 Å². The molecule has 0 rings (SSSR count). The first-order valence-electron chi connectivity index (χ1n) is 23.8. The summed E-state index contributed by atoms with van der Waals surface area (Å²) in [7, 11) is 0. The summed E-state index contributed by atoms with van der Waals surface area (Å²) < 4.78 is 0. The Kier molecular flexibility index (Phi) is 44.9. The summed E-state index contributed by atoms with van der Waals surface area (Å²) in [6.07, 6.45) is 68.4. The molecular formula is C52H91NO3. The molecule has 0 aromatic rings. The quantitative estimate of drug-likeness (QED) is 0.0427. The summed E-state index contributed by atoms with van der Waals surface area (Å²) in [5, 5.41) is 23.1. The zero-order valence-electron chi connectivity index (χ0n) is 36.9. The first-order valence-corrected chi connectivity index (χ1v) is 23.8. The number of hydrogen-bond donors (Lipinski definition) is 3. The lowest BCUT2D eigenvalue weighted by Gasteiger charge is -2.20. The molecule has 0 heterocycles. The maximum absolute atomic E-state index is 12.4. The number of hydrogen-bond acceptors (Lipinski definition) is 3. The van der Waals surface area contributed by atoms with Crippen LogP contribution in [-0.2, 0) is 4.79 Å². The molecule has 4 nitrogen and oxygen atoms in total. The first kappa shape index (κ1) is 53.6. The van der Waals surface area contributed by atoms with E-state index in [1.165, 1.54) is 122 Å². The second-order valence-electron chi connectivity index (χ2n) is 15.8. The zero-order valence-corrected chi connectivity index (χ0v) is 36.9. The van der Waals surface area contributed by atoms with Gasteiger partial charge in [-0.1, -0.05) is 227 Å². The normalized spacial score (nSPS) is 13.7. The van der Waals surface area contributed by atoms with E-state index in [0.29, 0.717) is 6.42 Å². The van der Waals surface area contributed by atoms with Gasteiger partial charge in [-0.25, -0.2) is 0 Å². The van der Waals surface area contributed by atoms with Crippen LogP contribution in [0.4, 0.5) is 0 Å². The molecule has 1 amide bonds. The molecule has 322 valence electrons. The maximum atomic E-state index is 12.4. The second kappa shape index (κ2) is 46.9. The molecule has 56 heavy (non-hydrogen) atoms. The molecule has 3 N–H and O–H groups in total. The van der Waals surface area contributed by atoms with Crippen molar-refractivity contribution in [2.75, 3.05) is 6.61 Å². The van der Waals surface area contributed by atoms with Crippen LogP contribution in [0.2, 0.25) is 0 Å². The number of carbonyl (C=O) groups is 1. The molecule has 4 heteroatoms. The number of nitrogens with one attached hydrogen (secondary N) is 1. The Morgan fingerprint density at radius 1 is 0.446 bits per heavy atom. The Morgan fingerprint density at radius 2 is 0.786 bits per heavy atom. The van der Waals surface area contributed by atoms with E-state index in [4.69, 9.17) is 0 Å². The lowest BCUT2D eigenvalue weighted by Crippen LogP contribution is -2.45. The summed E-state index contributed by atoms with van der Waals surface area (Å²) in [5.41, 5.74) is 0. The van der Waals surface area contributed by atoms with Gasteiger partial charge < -0.3 is 15.5 Å². The number of carbonyl (C=O) groups excluding carboxylic acids is 1. The summed E-state index contributed by atoms with van der Waals surface area (Å²) in [6, 6.07) is -0.636. The van der Waals surface area contributed by atoms with Crippen molar-refractivity contribution >= 4 is 5.91 Å². The van der Waals surface area contributed by atoms with Crippen molar-refractivity contribution in [1.29, 1.82) is 0 Å². The smallest absolute Gasteiger partial charge is 0.220 e. The molecule has 0 fully saturated rings. The van der Waals surface area contributed by atoms with Gasteiger partial charge in [0.25, 0.3) is 0 Å². The largest absolute Gasteiger partial charge is 0.394 e. The Balaban J connectivity index is 3.64. The zero-order chi connectivity index (χ0) is 40.7. The highest BCUT2D eigenvalue weighted by molar-refractivity contribution is 5.76. The van der Waals surface area contributed by atoms with Crippen molar-refractivity contribution < 1.29 is 15.0 Å². The monoisotopic (exact) mass is 778 g/mol. The van der Waals surface area contributed by atoms with Crippen LogP contribution in [0, 0.1) is 0 Å². The van der Waals surface area contributed by atoms with Gasteiger partial charge in [0.1, 0.15) is 0 Å². The van der Waals surface area contributed by atoms with Crippen molar-refractivity contribution in [2.45, 2.75) is 231 Å². The number of unbranched alkanes of at least 4 members (excludes halogenated alkanes) is 23. The molecule has 0 aliphatic carbocycles. The summed E-state index contributed by atoms with van der Waals surface area (Å²) in [6.45, 7) is 4.19. The highest BCUT2D eigenvalue weighted by Gasteiger charge is 2.17. The molecule has 0 saturated heterocycles. The fourth-order valence-electron chi connectivity index (χ4n) is 6.77. The van der Waals surface area contributed by atoms with E-state index < -0.39 is 12.1 Å². The van der Waals surface area contributed by atoms with Crippen molar-refractivity contribution in [2.24, 2.45) is 0 Å². The van der Waals surface area contributed by atoms with Crippen molar-refractivity contribution in [3.8, 4) is 0 Å². The summed E-state index contributed by atoms with van der Waals surface area (Å²) >= 11 is 0. The van der Waals surface area contributed by atoms with Crippen LogP contribution in [0.5, 0.6) is 0 Å². The molecule has 0 spiro atoms. The predicted molar refractivity (Wildman–Crippen MR) is 248 cm³/mol. The average molecular weight is 778 g/mol. The minimum atomic E-state index is -0.851. The van der Waals surface area contributed by atoms with Gasteiger partial charge in [0, 0.05) is 6.42 Å². The van der Waals surface area contributed by atoms with Gasteiger partial charge in [-0.05, 0) is 70.6 Å². The highest BCUT2D eigenvalue weighted by Crippen LogP contribution is 2.15.